The fourth-order valence-electron chi connectivity index (χ4n) is 2.77. The highest BCUT2D eigenvalue weighted by Gasteiger charge is 2.36. The van der Waals surface area contributed by atoms with Crippen molar-refractivity contribution in [3.8, 4) is 11.8 Å². The number of nitrogens with zero attached hydrogens (tertiary/aromatic N) is 3. The van der Waals surface area contributed by atoms with Crippen LogP contribution < -0.4 is 5.32 Å². The first-order valence-electron chi connectivity index (χ1n) is 8.05. The zero-order chi connectivity index (χ0) is 17.8. The summed E-state index contributed by atoms with van der Waals surface area (Å²) in [5, 5.41) is 10.4. The first kappa shape index (κ1) is 15.8. The second-order valence-corrected chi connectivity index (χ2v) is 5.75. The SMILES string of the molecule is O=C1N[C@H](c2cncc(C#Cc3ccccc3)c2)[C@H](c2ccnnc2)O1. The summed E-state index contributed by atoms with van der Waals surface area (Å²) in [4.78, 5) is 16.0. The average Bonchev–Trinajstić information content (AvgIpc) is 3.10. The largest absolute Gasteiger partial charge is 0.439 e. The van der Waals surface area contributed by atoms with Gasteiger partial charge in [0.1, 0.15) is 6.04 Å². The zero-order valence-electron chi connectivity index (χ0n) is 13.7. The standard InChI is InChI=1S/C20H14N4O2/c25-20-24-18(19(26-20)16-8-9-22-23-13-16)17-10-15(11-21-12-17)7-6-14-4-2-1-3-5-14/h1-5,8-13,18-19H,(H,24,25)/t18-,19+/m1/s1. The molecule has 6 nitrogen and oxygen atoms in total. The highest BCUT2D eigenvalue weighted by Crippen LogP contribution is 2.35. The second-order valence-electron chi connectivity index (χ2n) is 5.75. The van der Waals surface area contributed by atoms with Gasteiger partial charge in [-0.2, -0.15) is 10.2 Å². The molecule has 3 heterocycles. The van der Waals surface area contributed by atoms with Gasteiger partial charge in [-0.25, -0.2) is 4.79 Å². The molecular weight excluding hydrogens is 328 g/mol. The van der Waals surface area contributed by atoms with E-state index in [1.165, 1.54) is 0 Å². The van der Waals surface area contributed by atoms with Gasteiger partial charge in [0.25, 0.3) is 0 Å². The molecule has 1 saturated heterocycles. The van der Waals surface area contributed by atoms with Gasteiger partial charge in [0.2, 0.25) is 0 Å². The molecule has 126 valence electrons. The van der Waals surface area contributed by atoms with E-state index in [0.717, 1.165) is 22.3 Å². The minimum Gasteiger partial charge on any atom is -0.439 e. The van der Waals surface area contributed by atoms with Crippen molar-refractivity contribution in [2.75, 3.05) is 0 Å². The number of hydrogen-bond acceptors (Lipinski definition) is 5. The number of cyclic esters (lactones) is 1. The molecule has 1 N–H and O–H groups in total. The molecule has 26 heavy (non-hydrogen) atoms. The first-order valence-corrected chi connectivity index (χ1v) is 8.05. The maximum absolute atomic E-state index is 11.8. The van der Waals surface area contributed by atoms with Crippen molar-refractivity contribution in [1.29, 1.82) is 0 Å². The Morgan fingerprint density at radius 3 is 2.58 bits per heavy atom. The van der Waals surface area contributed by atoms with Gasteiger partial charge < -0.3 is 10.1 Å². The van der Waals surface area contributed by atoms with Crippen LogP contribution in [-0.4, -0.2) is 21.3 Å². The fourth-order valence-corrected chi connectivity index (χ4v) is 2.77. The van der Waals surface area contributed by atoms with Crippen molar-refractivity contribution in [2.24, 2.45) is 0 Å². The Bertz CT molecular complexity index is 981. The highest BCUT2D eigenvalue weighted by molar-refractivity contribution is 5.71. The molecule has 0 radical (unpaired) electrons. The molecule has 4 rings (SSSR count). The number of benzene rings is 1. The van der Waals surface area contributed by atoms with Crippen LogP contribution in [0.4, 0.5) is 4.79 Å². The maximum atomic E-state index is 11.8. The minimum absolute atomic E-state index is 0.363. The smallest absolute Gasteiger partial charge is 0.408 e. The van der Waals surface area contributed by atoms with E-state index in [-0.39, 0.29) is 6.04 Å². The third-order valence-electron chi connectivity index (χ3n) is 3.99. The number of carbonyl (C=O) groups is 1. The molecular formula is C20H14N4O2. The van der Waals surface area contributed by atoms with E-state index in [9.17, 15) is 4.79 Å². The van der Waals surface area contributed by atoms with E-state index < -0.39 is 12.2 Å². The van der Waals surface area contributed by atoms with Crippen LogP contribution >= 0.6 is 0 Å². The number of nitrogens with one attached hydrogen (secondary N) is 1. The van der Waals surface area contributed by atoms with E-state index in [1.54, 1.807) is 30.9 Å². The Morgan fingerprint density at radius 1 is 0.923 bits per heavy atom. The van der Waals surface area contributed by atoms with Gasteiger partial charge in [0.05, 0.1) is 6.20 Å². The Hall–Kier alpha value is -3.72. The summed E-state index contributed by atoms with van der Waals surface area (Å²) in [7, 11) is 0. The number of rotatable bonds is 2. The van der Waals surface area contributed by atoms with Gasteiger partial charge in [-0.15, -0.1) is 0 Å². The van der Waals surface area contributed by atoms with Gasteiger partial charge in [-0.05, 0) is 29.8 Å². The lowest BCUT2D eigenvalue weighted by Gasteiger charge is -2.16. The molecule has 1 aromatic carbocycles. The number of ether oxygens (including phenoxy) is 1. The maximum Gasteiger partial charge on any atom is 0.408 e. The van der Waals surface area contributed by atoms with Gasteiger partial charge in [0.15, 0.2) is 6.10 Å². The third kappa shape index (κ3) is 3.37. The predicted molar refractivity (Wildman–Crippen MR) is 93.8 cm³/mol. The summed E-state index contributed by atoms with van der Waals surface area (Å²) in [6, 6.07) is 13.0. The Labute approximate surface area is 150 Å². The van der Waals surface area contributed by atoms with Gasteiger partial charge in [0, 0.05) is 35.3 Å². The molecule has 2 aromatic heterocycles. The zero-order valence-corrected chi connectivity index (χ0v) is 13.7. The van der Waals surface area contributed by atoms with Gasteiger partial charge >= 0.3 is 6.09 Å². The van der Waals surface area contributed by atoms with Crippen molar-refractivity contribution in [3.63, 3.8) is 0 Å². The van der Waals surface area contributed by atoms with Crippen LogP contribution in [0.5, 0.6) is 0 Å². The van der Waals surface area contributed by atoms with Crippen LogP contribution in [0.15, 0.2) is 67.3 Å². The number of amides is 1. The molecule has 0 aliphatic carbocycles. The van der Waals surface area contributed by atoms with Crippen molar-refractivity contribution in [2.45, 2.75) is 12.1 Å². The van der Waals surface area contributed by atoms with Crippen LogP contribution in [0.25, 0.3) is 0 Å². The number of hydrogen-bond donors (Lipinski definition) is 1. The molecule has 1 amide bonds. The molecule has 0 unspecified atom stereocenters. The Balaban J connectivity index is 1.63. The summed E-state index contributed by atoms with van der Waals surface area (Å²) in [5.74, 6) is 6.21. The minimum atomic E-state index is -0.489. The summed E-state index contributed by atoms with van der Waals surface area (Å²) in [6.07, 6.45) is 5.59. The number of alkyl carbamates (subject to hydrolysis) is 1. The Morgan fingerprint density at radius 2 is 1.77 bits per heavy atom. The monoisotopic (exact) mass is 342 g/mol. The Kier molecular flexibility index (Phi) is 4.27. The summed E-state index contributed by atoms with van der Waals surface area (Å²) >= 11 is 0. The molecule has 0 saturated carbocycles. The van der Waals surface area contributed by atoms with Crippen molar-refractivity contribution >= 4 is 6.09 Å². The van der Waals surface area contributed by atoms with Crippen LogP contribution in [-0.2, 0) is 4.74 Å². The number of carbonyl (C=O) groups excluding carboxylic acids is 1. The normalized spacial score (nSPS) is 18.4. The average molecular weight is 342 g/mol. The van der Waals surface area contributed by atoms with E-state index in [4.69, 9.17) is 4.74 Å². The van der Waals surface area contributed by atoms with Crippen LogP contribution in [0.3, 0.4) is 0 Å². The topological polar surface area (TPSA) is 77.0 Å². The lowest BCUT2D eigenvalue weighted by atomic mass is 9.98. The fraction of sp³-hybridized carbons (Fsp3) is 0.100. The predicted octanol–water partition coefficient (Wildman–Crippen LogP) is 2.79. The molecule has 3 aromatic rings. The lowest BCUT2D eigenvalue weighted by Crippen LogP contribution is -2.20. The molecule has 1 fully saturated rings. The van der Waals surface area contributed by atoms with Crippen molar-refractivity contribution in [3.05, 3.63) is 89.5 Å². The van der Waals surface area contributed by atoms with Crippen LogP contribution in [0, 0.1) is 11.8 Å². The highest BCUT2D eigenvalue weighted by atomic mass is 16.6. The molecule has 2 atom stereocenters. The van der Waals surface area contributed by atoms with E-state index in [1.807, 2.05) is 36.4 Å². The third-order valence-corrected chi connectivity index (χ3v) is 3.99. The lowest BCUT2D eigenvalue weighted by molar-refractivity contribution is 0.132. The molecule has 6 heteroatoms. The summed E-state index contributed by atoms with van der Waals surface area (Å²) < 4.78 is 5.40. The number of aromatic nitrogens is 3. The molecule has 0 spiro atoms. The van der Waals surface area contributed by atoms with Gasteiger partial charge in [-0.1, -0.05) is 30.0 Å². The van der Waals surface area contributed by atoms with Gasteiger partial charge in [-0.3, -0.25) is 4.98 Å². The first-order chi connectivity index (χ1) is 12.8. The van der Waals surface area contributed by atoms with E-state index in [0.29, 0.717) is 0 Å². The van der Waals surface area contributed by atoms with Crippen LogP contribution in [0.1, 0.15) is 34.4 Å². The quantitative estimate of drug-likeness (QED) is 0.725. The van der Waals surface area contributed by atoms with E-state index >= 15 is 0 Å². The van der Waals surface area contributed by atoms with Crippen LogP contribution in [0.2, 0.25) is 0 Å². The molecule has 1 aliphatic rings. The van der Waals surface area contributed by atoms with Crippen molar-refractivity contribution < 1.29 is 9.53 Å². The molecule has 1 aliphatic heterocycles. The summed E-state index contributed by atoms with van der Waals surface area (Å²) in [5.41, 5.74) is 3.27. The van der Waals surface area contributed by atoms with E-state index in [2.05, 4.69) is 32.3 Å². The second kappa shape index (κ2) is 7.03. The number of pyridine rings is 1. The summed E-state index contributed by atoms with van der Waals surface area (Å²) in [6.45, 7) is 0. The van der Waals surface area contributed by atoms with Crippen molar-refractivity contribution in [1.82, 2.24) is 20.5 Å². The molecule has 0 bridgehead atoms.